The van der Waals surface area contributed by atoms with E-state index in [4.69, 9.17) is 0 Å². The molecular formula is C18H21N3OS. The first-order chi connectivity index (χ1) is 11.3. The Balaban J connectivity index is 1.53. The lowest BCUT2D eigenvalue weighted by Gasteiger charge is -2.51. The summed E-state index contributed by atoms with van der Waals surface area (Å²) in [7, 11) is 0. The molecule has 5 heteroatoms. The molecule has 3 aliphatic heterocycles. The molecular weight excluding hydrogens is 306 g/mol. The fourth-order valence-electron chi connectivity index (χ4n) is 4.01. The van der Waals surface area contributed by atoms with Gasteiger partial charge in [-0.05, 0) is 61.3 Å². The van der Waals surface area contributed by atoms with Crippen LogP contribution in [0.1, 0.15) is 28.8 Å². The second-order valence-corrected chi connectivity index (χ2v) is 7.30. The van der Waals surface area contributed by atoms with Crippen molar-refractivity contribution in [2.45, 2.75) is 31.3 Å². The normalized spacial score (nSPS) is 29.4. The molecule has 23 heavy (non-hydrogen) atoms. The maximum atomic E-state index is 12.5. The molecule has 2 bridgehead atoms. The molecule has 2 atom stereocenters. The first-order valence-corrected chi connectivity index (χ1v) is 9.21. The minimum absolute atomic E-state index is 0.0705. The number of fused-ring (bicyclic) bond motifs is 3. The van der Waals surface area contributed by atoms with Crippen LogP contribution in [0, 0.1) is 5.92 Å². The third-order valence-electron chi connectivity index (χ3n) is 5.21. The summed E-state index contributed by atoms with van der Waals surface area (Å²) in [6.07, 6.45) is 7.10. The highest BCUT2D eigenvalue weighted by atomic mass is 32.1. The fraction of sp³-hybridized carbons (Fsp3) is 0.444. The van der Waals surface area contributed by atoms with Crippen molar-refractivity contribution in [3.8, 4) is 0 Å². The van der Waals surface area contributed by atoms with Crippen LogP contribution in [-0.4, -0.2) is 41.0 Å². The second kappa shape index (κ2) is 6.42. The zero-order valence-electron chi connectivity index (χ0n) is 13.0. The maximum Gasteiger partial charge on any atom is 0.252 e. The molecule has 5 rings (SSSR count). The molecule has 1 amide bonds. The van der Waals surface area contributed by atoms with Crippen molar-refractivity contribution in [1.29, 1.82) is 0 Å². The molecule has 3 saturated heterocycles. The first kappa shape index (κ1) is 14.8. The molecule has 0 aliphatic carbocycles. The molecule has 0 aromatic carbocycles. The number of carbonyl (C=O) groups excluding carboxylic acids is 1. The molecule has 3 aliphatic rings. The number of aromatic nitrogens is 1. The van der Waals surface area contributed by atoms with Gasteiger partial charge in [-0.2, -0.15) is 11.3 Å². The highest BCUT2D eigenvalue weighted by Gasteiger charge is 2.42. The standard InChI is InChI=1S/C18H21N3OS/c22-18(15-5-9-23-12-15)20-17-14-3-7-21(8-4-14)16(17)10-13-2-1-6-19-11-13/h1-2,5-6,9,11-12,14,16-17H,3-4,7-8,10H2,(H,20,22). The van der Waals surface area contributed by atoms with E-state index in [1.807, 2.05) is 35.3 Å². The maximum absolute atomic E-state index is 12.5. The van der Waals surface area contributed by atoms with Crippen LogP contribution in [-0.2, 0) is 6.42 Å². The third-order valence-corrected chi connectivity index (χ3v) is 5.90. The van der Waals surface area contributed by atoms with Gasteiger partial charge in [0.15, 0.2) is 0 Å². The largest absolute Gasteiger partial charge is 0.347 e. The lowest BCUT2D eigenvalue weighted by atomic mass is 9.76. The molecule has 120 valence electrons. The fourth-order valence-corrected chi connectivity index (χ4v) is 4.65. The van der Waals surface area contributed by atoms with E-state index >= 15 is 0 Å². The van der Waals surface area contributed by atoms with Crippen molar-refractivity contribution in [3.63, 3.8) is 0 Å². The Morgan fingerprint density at radius 3 is 2.91 bits per heavy atom. The second-order valence-electron chi connectivity index (χ2n) is 6.52. The van der Waals surface area contributed by atoms with Gasteiger partial charge in [-0.1, -0.05) is 6.07 Å². The highest BCUT2D eigenvalue weighted by molar-refractivity contribution is 7.08. The van der Waals surface area contributed by atoms with Crippen LogP contribution < -0.4 is 5.32 Å². The number of piperidine rings is 3. The summed E-state index contributed by atoms with van der Waals surface area (Å²) in [4.78, 5) is 19.3. The molecule has 2 aromatic heterocycles. The molecule has 3 fully saturated rings. The number of nitrogens with zero attached hydrogens (tertiary/aromatic N) is 2. The number of rotatable bonds is 4. The lowest BCUT2D eigenvalue weighted by Crippen LogP contribution is -2.64. The van der Waals surface area contributed by atoms with Crippen molar-refractivity contribution in [1.82, 2.24) is 15.2 Å². The number of thiophene rings is 1. The SMILES string of the molecule is O=C(NC1C2CCN(CC2)C1Cc1cccnc1)c1ccsc1. The van der Waals surface area contributed by atoms with E-state index in [-0.39, 0.29) is 11.9 Å². The molecule has 2 unspecified atom stereocenters. The average Bonchev–Trinajstić information content (AvgIpc) is 3.13. The van der Waals surface area contributed by atoms with E-state index in [0.717, 1.165) is 25.1 Å². The van der Waals surface area contributed by atoms with E-state index in [0.29, 0.717) is 12.0 Å². The summed E-state index contributed by atoms with van der Waals surface area (Å²) in [6.45, 7) is 2.31. The smallest absolute Gasteiger partial charge is 0.252 e. The van der Waals surface area contributed by atoms with Gasteiger partial charge >= 0.3 is 0 Å². The van der Waals surface area contributed by atoms with Crippen molar-refractivity contribution >= 4 is 17.2 Å². The van der Waals surface area contributed by atoms with Crippen LogP contribution in [0.4, 0.5) is 0 Å². The van der Waals surface area contributed by atoms with E-state index in [2.05, 4.69) is 21.3 Å². The molecule has 5 heterocycles. The van der Waals surface area contributed by atoms with E-state index in [1.54, 1.807) is 11.3 Å². The number of pyridine rings is 1. The zero-order chi connectivity index (χ0) is 15.6. The van der Waals surface area contributed by atoms with Gasteiger partial charge in [0.1, 0.15) is 0 Å². The zero-order valence-corrected chi connectivity index (χ0v) is 13.8. The van der Waals surface area contributed by atoms with E-state index < -0.39 is 0 Å². The van der Waals surface area contributed by atoms with Crippen LogP contribution in [0.25, 0.3) is 0 Å². The van der Waals surface area contributed by atoms with Crippen LogP contribution in [0.15, 0.2) is 41.4 Å². The van der Waals surface area contributed by atoms with Crippen molar-refractivity contribution in [2.75, 3.05) is 13.1 Å². The van der Waals surface area contributed by atoms with Crippen molar-refractivity contribution < 1.29 is 4.79 Å². The summed E-state index contributed by atoms with van der Waals surface area (Å²) >= 11 is 1.57. The number of amides is 1. The van der Waals surface area contributed by atoms with Gasteiger partial charge < -0.3 is 5.32 Å². The minimum Gasteiger partial charge on any atom is -0.347 e. The Hall–Kier alpha value is -1.72. The average molecular weight is 327 g/mol. The number of hydrogen-bond donors (Lipinski definition) is 1. The predicted molar refractivity (Wildman–Crippen MR) is 91.6 cm³/mol. The Labute approximate surface area is 140 Å². The van der Waals surface area contributed by atoms with Crippen molar-refractivity contribution in [2.24, 2.45) is 5.92 Å². The summed E-state index contributed by atoms with van der Waals surface area (Å²) < 4.78 is 0. The molecule has 0 saturated carbocycles. The van der Waals surface area contributed by atoms with E-state index in [1.165, 1.54) is 18.4 Å². The highest BCUT2D eigenvalue weighted by Crippen LogP contribution is 2.34. The summed E-state index contributed by atoms with van der Waals surface area (Å²) in [5.41, 5.74) is 2.03. The summed E-state index contributed by atoms with van der Waals surface area (Å²) in [5, 5.41) is 7.21. The molecule has 2 aromatic rings. The van der Waals surface area contributed by atoms with Crippen LogP contribution in [0.3, 0.4) is 0 Å². The Bertz CT molecular complexity index is 650. The Morgan fingerprint density at radius 1 is 1.35 bits per heavy atom. The van der Waals surface area contributed by atoms with Crippen LogP contribution in [0.2, 0.25) is 0 Å². The van der Waals surface area contributed by atoms with E-state index in [9.17, 15) is 4.79 Å². The van der Waals surface area contributed by atoms with Gasteiger partial charge in [0.25, 0.3) is 5.91 Å². The lowest BCUT2D eigenvalue weighted by molar-refractivity contribution is 0.0136. The minimum atomic E-state index is 0.0705. The first-order valence-electron chi connectivity index (χ1n) is 8.27. The van der Waals surface area contributed by atoms with Gasteiger partial charge in [-0.15, -0.1) is 0 Å². The molecule has 1 N–H and O–H groups in total. The van der Waals surface area contributed by atoms with Gasteiger partial charge in [0.05, 0.1) is 0 Å². The molecule has 0 spiro atoms. The summed E-state index contributed by atoms with van der Waals surface area (Å²) in [6, 6.07) is 6.65. The Kier molecular flexibility index (Phi) is 4.14. The van der Waals surface area contributed by atoms with Gasteiger partial charge in [0.2, 0.25) is 0 Å². The molecule has 4 nitrogen and oxygen atoms in total. The summed E-state index contributed by atoms with van der Waals surface area (Å²) in [5.74, 6) is 0.672. The van der Waals surface area contributed by atoms with Crippen LogP contribution in [0.5, 0.6) is 0 Å². The third kappa shape index (κ3) is 3.03. The molecule has 0 radical (unpaired) electrons. The van der Waals surface area contributed by atoms with Crippen LogP contribution >= 0.6 is 11.3 Å². The number of nitrogens with one attached hydrogen (secondary N) is 1. The monoisotopic (exact) mass is 327 g/mol. The quantitative estimate of drug-likeness (QED) is 0.939. The van der Waals surface area contributed by atoms with Gasteiger partial charge in [-0.25, -0.2) is 0 Å². The number of carbonyl (C=O) groups is 1. The van der Waals surface area contributed by atoms with Gasteiger partial charge in [-0.3, -0.25) is 14.7 Å². The Morgan fingerprint density at radius 2 is 2.22 bits per heavy atom. The number of hydrogen-bond acceptors (Lipinski definition) is 4. The van der Waals surface area contributed by atoms with Crippen molar-refractivity contribution in [3.05, 3.63) is 52.5 Å². The predicted octanol–water partition coefficient (Wildman–Crippen LogP) is 2.58. The topological polar surface area (TPSA) is 45.2 Å². The van der Waals surface area contributed by atoms with Gasteiger partial charge in [0, 0.05) is 35.4 Å².